The Bertz CT molecular complexity index is 1980. The zero-order valence-electron chi connectivity index (χ0n) is 25.8. The lowest BCUT2D eigenvalue weighted by Gasteiger charge is -2.25. The number of aryl methyl sites for hydroxylation is 1. The van der Waals surface area contributed by atoms with Gasteiger partial charge in [-0.15, -0.1) is 0 Å². The fraction of sp³-hybridized carbons (Fsp3) is 0.406. The number of rotatable bonds is 6. The van der Waals surface area contributed by atoms with Crippen LogP contribution < -0.4 is 26.8 Å². The third kappa shape index (κ3) is 6.43. The highest BCUT2D eigenvalue weighted by Crippen LogP contribution is 2.33. The van der Waals surface area contributed by atoms with Gasteiger partial charge in [-0.05, 0) is 47.9 Å². The minimum Gasteiger partial charge on any atom is -0.475 e. The van der Waals surface area contributed by atoms with Gasteiger partial charge in [0.05, 0.1) is 6.54 Å². The molecule has 0 bridgehead atoms. The molecule has 0 spiro atoms. The molecule has 3 aliphatic rings. The molecule has 4 aromatic rings. The number of hydrogen-bond acceptors (Lipinski definition) is 7. The van der Waals surface area contributed by atoms with Crippen LogP contribution in [0.25, 0.3) is 11.2 Å². The number of nitrogens with one attached hydrogen (secondary N) is 2. The summed E-state index contributed by atoms with van der Waals surface area (Å²) in [5.41, 5.74) is 2.77. The van der Waals surface area contributed by atoms with Crippen molar-refractivity contribution in [2.24, 2.45) is 13.0 Å². The van der Waals surface area contributed by atoms with Gasteiger partial charge in [-0.2, -0.15) is 18.2 Å². The number of amides is 1. The summed E-state index contributed by atoms with van der Waals surface area (Å²) >= 11 is 6.56. The maximum absolute atomic E-state index is 14.0. The first-order chi connectivity index (χ1) is 22.8. The number of nitrogens with zero attached hydrogens (tertiary/aromatic N) is 5. The molecule has 2 aromatic heterocycles. The quantitative estimate of drug-likeness (QED) is 0.280. The van der Waals surface area contributed by atoms with Crippen molar-refractivity contribution < 1.29 is 27.9 Å². The number of aliphatic carboxylic acids is 1. The van der Waals surface area contributed by atoms with Crippen LogP contribution >= 0.6 is 11.6 Å². The van der Waals surface area contributed by atoms with Gasteiger partial charge in [-0.3, -0.25) is 18.7 Å². The van der Waals surface area contributed by atoms with Crippen molar-refractivity contribution in [3.8, 4) is 0 Å². The number of carbonyl (C=O) groups is 2. The molecule has 3 N–H and O–H groups in total. The summed E-state index contributed by atoms with van der Waals surface area (Å²) in [6.45, 7) is 2.57. The number of carboxylic acid groups (broad SMARTS) is 1. The predicted octanol–water partition coefficient (Wildman–Crippen LogP) is 2.31. The Balaban J connectivity index is 0.000000519. The molecule has 0 radical (unpaired) electrons. The average Bonchev–Trinajstić information content (AvgIpc) is 3.82. The van der Waals surface area contributed by atoms with E-state index >= 15 is 0 Å². The van der Waals surface area contributed by atoms with Crippen molar-refractivity contribution >= 4 is 40.6 Å². The van der Waals surface area contributed by atoms with Crippen LogP contribution in [0.3, 0.4) is 0 Å². The third-order valence-electron chi connectivity index (χ3n) is 9.16. The van der Waals surface area contributed by atoms with Gasteiger partial charge in [0.2, 0.25) is 11.9 Å². The number of halogens is 4. The number of carbonyl (C=O) groups excluding carboxylic acids is 1. The molecule has 1 amide bonds. The monoisotopic (exact) mass is 687 g/mol. The summed E-state index contributed by atoms with van der Waals surface area (Å²) in [7, 11) is 1.60. The van der Waals surface area contributed by atoms with Gasteiger partial charge >= 0.3 is 17.8 Å². The average molecular weight is 688 g/mol. The molecule has 2 saturated heterocycles. The Morgan fingerprint density at radius 1 is 1.04 bits per heavy atom. The second-order valence-electron chi connectivity index (χ2n) is 12.2. The van der Waals surface area contributed by atoms with Gasteiger partial charge in [0.25, 0.3) is 5.56 Å². The van der Waals surface area contributed by atoms with E-state index in [2.05, 4.69) is 27.7 Å². The first-order valence-corrected chi connectivity index (χ1v) is 15.8. The van der Waals surface area contributed by atoms with E-state index in [0.717, 1.165) is 49.0 Å². The zero-order valence-corrected chi connectivity index (χ0v) is 26.6. The van der Waals surface area contributed by atoms with Crippen LogP contribution in [0.5, 0.6) is 0 Å². The highest BCUT2D eigenvalue weighted by Gasteiger charge is 2.40. The molecule has 16 heteroatoms. The SMILES string of the molecule is Cn1c(=O)n(CC(=O)NC2Cc3ccccc3C2)c(=O)c2c1nc(N1CCC3CNCC31)n2Cc1ccccc1Cl.O=C(O)C(F)(F)F. The van der Waals surface area contributed by atoms with Crippen molar-refractivity contribution in [3.63, 3.8) is 0 Å². The molecule has 1 aliphatic carbocycles. The number of anilines is 1. The Kier molecular flexibility index (Phi) is 9.09. The molecule has 4 heterocycles. The largest absolute Gasteiger partial charge is 0.490 e. The van der Waals surface area contributed by atoms with Crippen LogP contribution in [0.2, 0.25) is 5.02 Å². The first-order valence-electron chi connectivity index (χ1n) is 15.4. The Labute approximate surface area is 276 Å². The number of benzene rings is 2. The smallest absolute Gasteiger partial charge is 0.475 e. The molecule has 2 fully saturated rings. The van der Waals surface area contributed by atoms with E-state index in [9.17, 15) is 27.6 Å². The molecule has 2 aliphatic heterocycles. The van der Waals surface area contributed by atoms with Crippen LogP contribution in [0, 0.1) is 5.92 Å². The van der Waals surface area contributed by atoms with Crippen LogP contribution in [0.1, 0.15) is 23.1 Å². The standard InChI is InChI=1S/C30H32ClN7O3.C2HF3O2/c1-35-27-26(28(40)38(30(35)41)17-25(39)33-22-12-18-6-2-3-7-19(18)13-22)37(16-21-8-4-5-9-23(21)31)29(34-27)36-11-10-20-14-32-15-24(20)36;3-2(4,5)1(6)7/h2-9,20,22,24,32H,10-17H2,1H3,(H,33,39);(H,6,7). The maximum atomic E-state index is 14.0. The van der Waals surface area contributed by atoms with Crippen molar-refractivity contribution in [2.45, 2.75) is 50.6 Å². The van der Waals surface area contributed by atoms with Crippen LogP contribution in [0.15, 0.2) is 58.1 Å². The molecule has 254 valence electrons. The normalized spacial score (nSPS) is 18.8. The molecule has 7 rings (SSSR count). The topological polar surface area (TPSA) is 143 Å². The summed E-state index contributed by atoms with van der Waals surface area (Å²) in [4.78, 5) is 56.7. The summed E-state index contributed by atoms with van der Waals surface area (Å²) in [6, 6.07) is 15.8. The Morgan fingerprint density at radius 3 is 2.33 bits per heavy atom. The number of imidazole rings is 1. The fourth-order valence-corrected chi connectivity index (χ4v) is 7.04. The third-order valence-corrected chi connectivity index (χ3v) is 9.53. The summed E-state index contributed by atoms with van der Waals surface area (Å²) < 4.78 is 36.0. The molecular formula is C32H33ClF3N7O5. The molecule has 2 unspecified atom stereocenters. The number of alkyl halides is 3. The first kappa shape index (κ1) is 33.3. The van der Waals surface area contributed by atoms with Gasteiger partial charge in [0, 0.05) is 43.8 Å². The zero-order chi connectivity index (χ0) is 34.3. The van der Waals surface area contributed by atoms with Gasteiger partial charge < -0.3 is 20.6 Å². The number of carboxylic acids is 1. The highest BCUT2D eigenvalue weighted by atomic mass is 35.5. The van der Waals surface area contributed by atoms with E-state index in [4.69, 9.17) is 26.5 Å². The van der Waals surface area contributed by atoms with E-state index in [-0.39, 0.29) is 30.1 Å². The van der Waals surface area contributed by atoms with Crippen molar-refractivity contribution in [2.75, 3.05) is 24.5 Å². The van der Waals surface area contributed by atoms with Crippen molar-refractivity contribution in [1.82, 2.24) is 29.3 Å². The van der Waals surface area contributed by atoms with Crippen molar-refractivity contribution in [3.05, 3.63) is 91.1 Å². The van der Waals surface area contributed by atoms with Crippen LogP contribution in [0.4, 0.5) is 19.1 Å². The highest BCUT2D eigenvalue weighted by molar-refractivity contribution is 6.31. The lowest BCUT2D eigenvalue weighted by atomic mass is 10.1. The van der Waals surface area contributed by atoms with Crippen LogP contribution in [-0.4, -0.2) is 73.6 Å². The van der Waals surface area contributed by atoms with Gasteiger partial charge in [-0.1, -0.05) is 54.1 Å². The summed E-state index contributed by atoms with van der Waals surface area (Å²) in [6.07, 6.45) is -2.59. The van der Waals surface area contributed by atoms with Gasteiger partial charge in [0.1, 0.15) is 6.54 Å². The minimum absolute atomic E-state index is 0.0660. The summed E-state index contributed by atoms with van der Waals surface area (Å²) in [5, 5.41) is 14.2. The second-order valence-corrected chi connectivity index (χ2v) is 12.6. The minimum atomic E-state index is -5.08. The molecule has 2 aromatic carbocycles. The Morgan fingerprint density at radius 2 is 1.69 bits per heavy atom. The van der Waals surface area contributed by atoms with E-state index in [1.807, 2.05) is 41.0 Å². The summed E-state index contributed by atoms with van der Waals surface area (Å²) in [5.74, 6) is -1.96. The van der Waals surface area contributed by atoms with E-state index in [0.29, 0.717) is 29.1 Å². The number of aromatic nitrogens is 4. The predicted molar refractivity (Wildman–Crippen MR) is 171 cm³/mol. The van der Waals surface area contributed by atoms with Gasteiger partial charge in [-0.25, -0.2) is 14.2 Å². The van der Waals surface area contributed by atoms with Gasteiger partial charge in [0.15, 0.2) is 11.2 Å². The maximum Gasteiger partial charge on any atom is 0.490 e. The molecular weight excluding hydrogens is 655 g/mol. The fourth-order valence-electron chi connectivity index (χ4n) is 6.84. The lowest BCUT2D eigenvalue weighted by molar-refractivity contribution is -0.192. The molecule has 48 heavy (non-hydrogen) atoms. The molecule has 2 atom stereocenters. The van der Waals surface area contributed by atoms with Crippen LogP contribution in [-0.2, 0) is 42.6 Å². The Hall–Kier alpha value is -4.63. The number of fused-ring (bicyclic) bond motifs is 3. The van der Waals surface area contributed by atoms with E-state index in [1.54, 1.807) is 7.05 Å². The van der Waals surface area contributed by atoms with Crippen molar-refractivity contribution in [1.29, 1.82) is 0 Å². The number of hydrogen-bond donors (Lipinski definition) is 3. The lowest BCUT2D eigenvalue weighted by Crippen LogP contribution is -2.45. The van der Waals surface area contributed by atoms with E-state index < -0.39 is 23.4 Å². The molecule has 0 saturated carbocycles. The second kappa shape index (κ2) is 13.1. The molecule has 12 nitrogen and oxygen atoms in total. The van der Waals surface area contributed by atoms with E-state index in [1.165, 1.54) is 15.7 Å².